The van der Waals surface area contributed by atoms with Crippen molar-refractivity contribution < 1.29 is 32.3 Å². The van der Waals surface area contributed by atoms with Crippen molar-refractivity contribution in [2.75, 3.05) is 5.32 Å². The Morgan fingerprint density at radius 3 is 2.03 bits per heavy atom. The third-order valence-corrected chi connectivity index (χ3v) is 6.12. The SMILES string of the molecule is CCc1ccc([C@@H](C(=O)Nc2cc(C(CC(=O)O)C(C)(C)C)ccc2F)[C@@H](C)C(F)(F)F)cc1. The Morgan fingerprint density at radius 1 is 1.00 bits per heavy atom. The topological polar surface area (TPSA) is 66.4 Å². The summed E-state index contributed by atoms with van der Waals surface area (Å²) in [5.74, 6) is -6.96. The van der Waals surface area contributed by atoms with Crippen LogP contribution in [0, 0.1) is 17.2 Å². The fraction of sp³-hybridized carbons (Fsp3) is 0.462. The Morgan fingerprint density at radius 2 is 1.56 bits per heavy atom. The first kappa shape index (κ1) is 27.3. The number of nitrogens with one attached hydrogen (secondary N) is 1. The van der Waals surface area contributed by atoms with E-state index in [1.54, 1.807) is 12.1 Å². The van der Waals surface area contributed by atoms with E-state index in [1.165, 1.54) is 24.3 Å². The summed E-state index contributed by atoms with van der Waals surface area (Å²) in [5, 5.41) is 11.6. The highest BCUT2D eigenvalue weighted by molar-refractivity contribution is 5.96. The fourth-order valence-corrected chi connectivity index (χ4v) is 3.98. The summed E-state index contributed by atoms with van der Waals surface area (Å²) in [6.07, 6.45) is -4.18. The van der Waals surface area contributed by atoms with E-state index in [-0.39, 0.29) is 17.7 Å². The summed E-state index contributed by atoms with van der Waals surface area (Å²) in [6.45, 7) is 8.34. The number of alkyl halides is 3. The van der Waals surface area contributed by atoms with Gasteiger partial charge in [0, 0.05) is 0 Å². The number of benzene rings is 2. The van der Waals surface area contributed by atoms with Crippen LogP contribution in [-0.2, 0) is 16.0 Å². The molecule has 34 heavy (non-hydrogen) atoms. The molecule has 0 fully saturated rings. The molecule has 2 N–H and O–H groups in total. The van der Waals surface area contributed by atoms with Crippen LogP contribution in [0.1, 0.15) is 69.6 Å². The van der Waals surface area contributed by atoms with Crippen molar-refractivity contribution in [3.63, 3.8) is 0 Å². The van der Waals surface area contributed by atoms with Gasteiger partial charge in [-0.1, -0.05) is 65.0 Å². The molecule has 0 aromatic heterocycles. The summed E-state index contributed by atoms with van der Waals surface area (Å²) >= 11 is 0. The minimum Gasteiger partial charge on any atom is -0.481 e. The molecule has 0 heterocycles. The first-order valence-corrected chi connectivity index (χ1v) is 11.1. The Bertz CT molecular complexity index is 1010. The van der Waals surface area contributed by atoms with Gasteiger partial charge < -0.3 is 10.4 Å². The lowest BCUT2D eigenvalue weighted by molar-refractivity contribution is -0.178. The van der Waals surface area contributed by atoms with Gasteiger partial charge in [0.1, 0.15) is 5.82 Å². The molecule has 0 bridgehead atoms. The quantitative estimate of drug-likeness (QED) is 0.403. The molecular formula is C26H31F4NO3. The molecule has 8 heteroatoms. The van der Waals surface area contributed by atoms with Gasteiger partial charge in [-0.3, -0.25) is 9.59 Å². The number of hydrogen-bond acceptors (Lipinski definition) is 2. The Kier molecular flexibility index (Phi) is 8.50. The minimum atomic E-state index is -4.65. The zero-order valence-corrected chi connectivity index (χ0v) is 20.0. The van der Waals surface area contributed by atoms with Crippen molar-refractivity contribution in [2.45, 2.75) is 65.5 Å². The van der Waals surface area contributed by atoms with Crippen LogP contribution in [0.3, 0.4) is 0 Å². The van der Waals surface area contributed by atoms with E-state index in [0.717, 1.165) is 18.6 Å². The number of carbonyl (C=O) groups is 2. The van der Waals surface area contributed by atoms with E-state index in [4.69, 9.17) is 0 Å². The molecule has 2 rings (SSSR count). The Balaban J connectivity index is 2.46. The summed E-state index contributed by atoms with van der Waals surface area (Å²) in [4.78, 5) is 24.5. The summed E-state index contributed by atoms with van der Waals surface area (Å²) < 4.78 is 55.5. The molecule has 3 atom stereocenters. The Labute approximate surface area is 197 Å². The van der Waals surface area contributed by atoms with E-state index in [9.17, 15) is 32.3 Å². The second-order valence-corrected chi connectivity index (χ2v) is 9.65. The maximum Gasteiger partial charge on any atom is 0.392 e. The standard InChI is InChI=1S/C26H31F4NO3/c1-6-16-7-9-17(10-8-16)23(15(2)26(28,29)30)24(34)31-21-13-18(11-12-20(21)27)19(14-22(32)33)25(3,4)5/h7-13,15,19,23H,6,14H2,1-5H3,(H,31,34)(H,32,33)/t15-,19?,23+/m1/s1. The van der Waals surface area contributed by atoms with E-state index in [0.29, 0.717) is 12.0 Å². The lowest BCUT2D eigenvalue weighted by Crippen LogP contribution is -2.34. The molecule has 0 spiro atoms. The van der Waals surface area contributed by atoms with E-state index < -0.39 is 47.0 Å². The zero-order chi connectivity index (χ0) is 25.8. The van der Waals surface area contributed by atoms with Crippen LogP contribution in [0.2, 0.25) is 0 Å². The van der Waals surface area contributed by atoms with E-state index in [1.807, 2.05) is 27.7 Å². The largest absolute Gasteiger partial charge is 0.481 e. The van der Waals surface area contributed by atoms with E-state index >= 15 is 0 Å². The number of carboxylic acid groups (broad SMARTS) is 1. The third-order valence-electron chi connectivity index (χ3n) is 6.12. The molecule has 0 saturated heterocycles. The molecule has 1 amide bonds. The van der Waals surface area contributed by atoms with Crippen molar-refractivity contribution in [2.24, 2.45) is 11.3 Å². The van der Waals surface area contributed by atoms with Crippen molar-refractivity contribution >= 4 is 17.6 Å². The van der Waals surface area contributed by atoms with Crippen molar-refractivity contribution in [3.05, 3.63) is 65.0 Å². The molecule has 0 aliphatic rings. The van der Waals surface area contributed by atoms with Gasteiger partial charge in [0.15, 0.2) is 0 Å². The average Bonchev–Trinajstić information content (AvgIpc) is 2.73. The normalized spacial score (nSPS) is 14.9. The number of aryl methyl sites for hydroxylation is 1. The number of aliphatic carboxylic acids is 1. The van der Waals surface area contributed by atoms with Gasteiger partial charge >= 0.3 is 12.1 Å². The highest BCUT2D eigenvalue weighted by Gasteiger charge is 2.45. The highest BCUT2D eigenvalue weighted by atomic mass is 19.4. The van der Waals surface area contributed by atoms with Crippen LogP contribution in [-0.4, -0.2) is 23.2 Å². The van der Waals surface area contributed by atoms with E-state index in [2.05, 4.69) is 5.32 Å². The molecule has 0 aliphatic carbocycles. The number of anilines is 1. The van der Waals surface area contributed by atoms with Crippen LogP contribution >= 0.6 is 0 Å². The summed E-state index contributed by atoms with van der Waals surface area (Å²) in [7, 11) is 0. The van der Waals surface area contributed by atoms with Crippen LogP contribution in [0.15, 0.2) is 42.5 Å². The zero-order valence-electron chi connectivity index (χ0n) is 20.0. The fourth-order valence-electron chi connectivity index (χ4n) is 3.98. The number of rotatable bonds is 8. The molecule has 186 valence electrons. The van der Waals surface area contributed by atoms with Gasteiger partial charge in [-0.15, -0.1) is 0 Å². The second kappa shape index (κ2) is 10.6. The predicted octanol–water partition coefficient (Wildman–Crippen LogP) is 6.91. The first-order chi connectivity index (χ1) is 15.6. The molecule has 2 aromatic carbocycles. The monoisotopic (exact) mass is 481 g/mol. The number of hydrogen-bond donors (Lipinski definition) is 2. The lowest BCUT2D eigenvalue weighted by atomic mass is 9.74. The van der Waals surface area contributed by atoms with Crippen LogP contribution in [0.5, 0.6) is 0 Å². The smallest absolute Gasteiger partial charge is 0.392 e. The molecule has 4 nitrogen and oxygen atoms in total. The maximum absolute atomic E-state index is 14.6. The highest BCUT2D eigenvalue weighted by Crippen LogP contribution is 2.40. The predicted molar refractivity (Wildman–Crippen MR) is 123 cm³/mol. The molecule has 2 aromatic rings. The average molecular weight is 482 g/mol. The van der Waals surface area contributed by atoms with Crippen molar-refractivity contribution in [3.8, 4) is 0 Å². The summed E-state index contributed by atoms with van der Waals surface area (Å²) in [5.41, 5.74) is 0.778. The number of carboxylic acids is 1. The molecule has 1 unspecified atom stereocenters. The van der Waals surface area contributed by atoms with Gasteiger partial charge in [-0.2, -0.15) is 13.2 Å². The lowest BCUT2D eigenvalue weighted by Gasteiger charge is -2.30. The maximum atomic E-state index is 14.6. The third kappa shape index (κ3) is 6.81. The van der Waals surface area contributed by atoms with Gasteiger partial charge in [0.25, 0.3) is 0 Å². The molecule has 0 aliphatic heterocycles. The van der Waals surface area contributed by atoms with Crippen molar-refractivity contribution in [1.82, 2.24) is 0 Å². The van der Waals surface area contributed by atoms with Gasteiger partial charge in [0.2, 0.25) is 5.91 Å². The van der Waals surface area contributed by atoms with Gasteiger partial charge in [-0.05, 0) is 46.6 Å². The number of carbonyl (C=O) groups excluding carboxylic acids is 1. The van der Waals surface area contributed by atoms with Crippen LogP contribution < -0.4 is 5.32 Å². The number of amides is 1. The molecular weight excluding hydrogens is 450 g/mol. The first-order valence-electron chi connectivity index (χ1n) is 11.1. The van der Waals surface area contributed by atoms with Crippen LogP contribution in [0.4, 0.5) is 23.2 Å². The Hall–Kier alpha value is -2.90. The van der Waals surface area contributed by atoms with Gasteiger partial charge in [-0.25, -0.2) is 4.39 Å². The molecule has 0 saturated carbocycles. The molecule has 0 radical (unpaired) electrons. The van der Waals surface area contributed by atoms with Gasteiger partial charge in [0.05, 0.1) is 23.9 Å². The minimum absolute atomic E-state index is 0.175. The van der Waals surface area contributed by atoms with Crippen LogP contribution in [0.25, 0.3) is 0 Å². The second-order valence-electron chi connectivity index (χ2n) is 9.65. The number of halogens is 4. The van der Waals surface area contributed by atoms with Crippen molar-refractivity contribution in [1.29, 1.82) is 0 Å². The summed E-state index contributed by atoms with van der Waals surface area (Å²) in [6, 6.07) is 10.1.